The lowest BCUT2D eigenvalue weighted by atomic mass is 9.91. The molecule has 130 valence electrons. The number of anilines is 1. The predicted octanol–water partition coefficient (Wildman–Crippen LogP) is 1.23. The zero-order chi connectivity index (χ0) is 17.3. The van der Waals surface area contributed by atoms with E-state index in [9.17, 15) is 16.8 Å². The van der Waals surface area contributed by atoms with Gasteiger partial charge < -0.3 is 5.32 Å². The SMILES string of the molecule is NS(=O)(=O)c1cc2c(cc1Cl)N[C@@H]([C@@H]1C[C@@H]3C=C[C@H]1C3)NS2(=O)=O. The molecular formula is C14H16ClN3O4S2. The summed E-state index contributed by atoms with van der Waals surface area (Å²) in [7, 11) is -7.97. The van der Waals surface area contributed by atoms with Crippen molar-refractivity contribution in [3.8, 4) is 0 Å². The van der Waals surface area contributed by atoms with Crippen LogP contribution in [0.1, 0.15) is 12.8 Å². The molecule has 1 heterocycles. The zero-order valence-electron chi connectivity index (χ0n) is 12.4. The van der Waals surface area contributed by atoms with Gasteiger partial charge in [0.05, 0.1) is 16.9 Å². The third kappa shape index (κ3) is 2.55. The minimum atomic E-state index is -4.11. The first-order valence-corrected chi connectivity index (χ1v) is 10.9. The van der Waals surface area contributed by atoms with Crippen molar-refractivity contribution in [3.05, 3.63) is 29.3 Å². The van der Waals surface area contributed by atoms with E-state index in [-0.39, 0.29) is 15.8 Å². The van der Waals surface area contributed by atoms with Crippen LogP contribution in [0.15, 0.2) is 34.1 Å². The molecule has 0 saturated heterocycles. The Kier molecular flexibility index (Phi) is 3.53. The van der Waals surface area contributed by atoms with Gasteiger partial charge in [0, 0.05) is 5.92 Å². The molecule has 0 unspecified atom stereocenters. The van der Waals surface area contributed by atoms with Crippen molar-refractivity contribution in [2.45, 2.75) is 28.8 Å². The Labute approximate surface area is 145 Å². The molecule has 2 aliphatic carbocycles. The zero-order valence-corrected chi connectivity index (χ0v) is 14.8. The van der Waals surface area contributed by atoms with Gasteiger partial charge in [-0.15, -0.1) is 0 Å². The molecule has 4 N–H and O–H groups in total. The quantitative estimate of drug-likeness (QED) is 0.657. The van der Waals surface area contributed by atoms with E-state index in [1.165, 1.54) is 6.07 Å². The molecule has 1 aromatic carbocycles. The van der Waals surface area contributed by atoms with Crippen LogP contribution in [0, 0.1) is 17.8 Å². The van der Waals surface area contributed by atoms with Crippen molar-refractivity contribution in [1.82, 2.24) is 4.72 Å². The normalized spacial score (nSPS) is 33.2. The molecule has 4 atom stereocenters. The molecule has 0 aromatic heterocycles. The van der Waals surface area contributed by atoms with Crippen LogP contribution in [0.3, 0.4) is 0 Å². The van der Waals surface area contributed by atoms with Crippen molar-refractivity contribution >= 4 is 37.3 Å². The van der Waals surface area contributed by atoms with Gasteiger partial charge in [0.15, 0.2) is 0 Å². The standard InChI is InChI=1S/C14H16ClN3O4S2/c15-10-5-11-13(6-12(10)23(16,19)20)24(21,22)18-14(17-11)9-4-7-1-2-8(9)3-7/h1-2,5-9,14,17-18H,3-4H2,(H2,16,19,20)/t7-,8+,9-,14-/m1/s1. The Morgan fingerprint density at radius 1 is 1.21 bits per heavy atom. The van der Waals surface area contributed by atoms with Crippen LogP contribution >= 0.6 is 11.6 Å². The van der Waals surface area contributed by atoms with Gasteiger partial charge >= 0.3 is 0 Å². The van der Waals surface area contributed by atoms with Crippen LogP contribution in [-0.2, 0) is 20.0 Å². The van der Waals surface area contributed by atoms with E-state index in [0.717, 1.165) is 18.9 Å². The highest BCUT2D eigenvalue weighted by Gasteiger charge is 2.44. The van der Waals surface area contributed by atoms with E-state index in [4.69, 9.17) is 16.7 Å². The predicted molar refractivity (Wildman–Crippen MR) is 89.4 cm³/mol. The molecule has 1 fully saturated rings. The lowest BCUT2D eigenvalue weighted by molar-refractivity contribution is 0.363. The van der Waals surface area contributed by atoms with Gasteiger partial charge in [-0.25, -0.2) is 22.0 Å². The summed E-state index contributed by atoms with van der Waals surface area (Å²) in [5.41, 5.74) is 0.294. The molecule has 1 aliphatic heterocycles. The van der Waals surface area contributed by atoms with Crippen LogP contribution in [0.25, 0.3) is 0 Å². The van der Waals surface area contributed by atoms with Gasteiger partial charge in [0.25, 0.3) is 0 Å². The fourth-order valence-corrected chi connectivity index (χ4v) is 6.47. The molecule has 0 radical (unpaired) electrons. The van der Waals surface area contributed by atoms with E-state index in [1.54, 1.807) is 0 Å². The van der Waals surface area contributed by atoms with Gasteiger partial charge in [0.1, 0.15) is 9.79 Å². The first kappa shape index (κ1) is 16.3. The van der Waals surface area contributed by atoms with Crippen LogP contribution in [-0.4, -0.2) is 23.0 Å². The summed E-state index contributed by atoms with van der Waals surface area (Å²) < 4.78 is 50.9. The number of sulfonamides is 2. The molecule has 1 aromatic rings. The van der Waals surface area contributed by atoms with E-state index in [1.807, 2.05) is 0 Å². The maximum Gasteiger partial charge on any atom is 0.244 e. The third-order valence-corrected chi connectivity index (χ3v) is 7.84. The molecule has 10 heteroatoms. The maximum absolute atomic E-state index is 12.6. The number of hydrogen-bond donors (Lipinski definition) is 3. The van der Waals surface area contributed by atoms with Gasteiger partial charge in [-0.1, -0.05) is 23.8 Å². The number of rotatable bonds is 2. The Balaban J connectivity index is 1.76. The Morgan fingerprint density at radius 3 is 2.54 bits per heavy atom. The Bertz CT molecular complexity index is 958. The summed E-state index contributed by atoms with van der Waals surface area (Å²) in [6.07, 6.45) is 5.84. The number of nitrogens with one attached hydrogen (secondary N) is 2. The lowest BCUT2D eigenvalue weighted by Crippen LogP contribution is -2.50. The molecule has 7 nitrogen and oxygen atoms in total. The molecular weight excluding hydrogens is 374 g/mol. The van der Waals surface area contributed by atoms with Crippen molar-refractivity contribution in [2.24, 2.45) is 22.9 Å². The largest absolute Gasteiger partial charge is 0.368 e. The Hall–Kier alpha value is -1.13. The number of allylic oxidation sites excluding steroid dienone is 2. The lowest BCUT2D eigenvalue weighted by Gasteiger charge is -2.35. The van der Waals surface area contributed by atoms with Gasteiger partial charge in [-0.3, -0.25) is 0 Å². The fraction of sp³-hybridized carbons (Fsp3) is 0.429. The van der Waals surface area contributed by atoms with Crippen molar-refractivity contribution in [2.75, 3.05) is 5.32 Å². The van der Waals surface area contributed by atoms with E-state index in [0.29, 0.717) is 17.5 Å². The maximum atomic E-state index is 12.6. The first-order valence-electron chi connectivity index (χ1n) is 7.49. The van der Waals surface area contributed by atoms with Crippen LogP contribution in [0.5, 0.6) is 0 Å². The summed E-state index contributed by atoms with van der Waals surface area (Å²) in [6, 6.07) is 2.31. The second-order valence-electron chi connectivity index (χ2n) is 6.51. The number of fused-ring (bicyclic) bond motifs is 3. The summed E-state index contributed by atoms with van der Waals surface area (Å²) in [6.45, 7) is 0. The van der Waals surface area contributed by atoms with Crippen LogP contribution in [0.4, 0.5) is 5.69 Å². The molecule has 24 heavy (non-hydrogen) atoms. The second kappa shape index (κ2) is 5.18. The number of primary sulfonamides is 1. The molecule has 2 bridgehead atoms. The molecule has 4 rings (SSSR count). The van der Waals surface area contributed by atoms with Crippen molar-refractivity contribution in [1.29, 1.82) is 0 Å². The van der Waals surface area contributed by atoms with E-state index < -0.39 is 31.1 Å². The van der Waals surface area contributed by atoms with E-state index >= 15 is 0 Å². The summed E-state index contributed by atoms with van der Waals surface area (Å²) >= 11 is 5.98. The number of halogens is 1. The highest BCUT2D eigenvalue weighted by molar-refractivity contribution is 7.90. The second-order valence-corrected chi connectivity index (χ2v) is 10.1. The minimum Gasteiger partial charge on any atom is -0.368 e. The average molecular weight is 390 g/mol. The van der Waals surface area contributed by atoms with Crippen molar-refractivity contribution < 1.29 is 16.8 Å². The summed E-state index contributed by atoms with van der Waals surface area (Å²) in [5.74, 6) is 0.997. The molecule has 0 amide bonds. The van der Waals surface area contributed by atoms with Gasteiger partial charge in [0.2, 0.25) is 20.0 Å². The smallest absolute Gasteiger partial charge is 0.244 e. The topological polar surface area (TPSA) is 118 Å². The monoisotopic (exact) mass is 389 g/mol. The molecule has 0 spiro atoms. The van der Waals surface area contributed by atoms with Crippen LogP contribution < -0.4 is 15.2 Å². The molecule has 1 saturated carbocycles. The highest BCUT2D eigenvalue weighted by atomic mass is 35.5. The fourth-order valence-electron chi connectivity index (χ4n) is 3.92. The van der Waals surface area contributed by atoms with Gasteiger partial charge in [-0.05, 0) is 36.8 Å². The first-order chi connectivity index (χ1) is 11.1. The third-order valence-electron chi connectivity index (χ3n) is 4.98. The summed E-state index contributed by atoms with van der Waals surface area (Å²) in [5, 5.41) is 8.14. The Morgan fingerprint density at radius 2 is 1.96 bits per heavy atom. The van der Waals surface area contributed by atoms with Crippen molar-refractivity contribution in [3.63, 3.8) is 0 Å². The van der Waals surface area contributed by atoms with Crippen LogP contribution in [0.2, 0.25) is 5.02 Å². The highest BCUT2D eigenvalue weighted by Crippen LogP contribution is 2.46. The molecule has 3 aliphatic rings. The summed E-state index contributed by atoms with van der Waals surface area (Å²) in [4.78, 5) is -0.567. The minimum absolute atomic E-state index is 0.104. The van der Waals surface area contributed by atoms with Gasteiger partial charge in [-0.2, -0.15) is 4.72 Å². The van der Waals surface area contributed by atoms with E-state index in [2.05, 4.69) is 22.2 Å². The number of hydrogen-bond acceptors (Lipinski definition) is 5. The number of nitrogens with two attached hydrogens (primary N) is 1. The average Bonchev–Trinajstić information content (AvgIpc) is 3.06. The number of benzene rings is 1.